The lowest BCUT2D eigenvalue weighted by Crippen LogP contribution is -2.16. The smallest absolute Gasteiger partial charge is 0.218 e. The predicted octanol–water partition coefficient (Wildman–Crippen LogP) is 1.72. The summed E-state index contributed by atoms with van der Waals surface area (Å²) in [5, 5.41) is 12.5. The molecule has 0 saturated carbocycles. The molecule has 0 aliphatic carbocycles. The predicted molar refractivity (Wildman–Crippen MR) is 72.8 cm³/mol. The highest BCUT2D eigenvalue weighted by Gasteiger charge is 2.11. The number of pyridine rings is 1. The third-order valence-corrected chi connectivity index (χ3v) is 3.18. The van der Waals surface area contributed by atoms with Crippen molar-refractivity contribution in [2.24, 2.45) is 0 Å². The Morgan fingerprint density at radius 3 is 3.11 bits per heavy atom. The molecule has 19 heavy (non-hydrogen) atoms. The topological polar surface area (TPSA) is 54.4 Å². The Kier molecular flexibility index (Phi) is 3.44. The number of hydrogen-bond acceptors (Lipinski definition) is 4. The Balaban J connectivity index is 1.98. The van der Waals surface area contributed by atoms with Crippen LogP contribution in [0.1, 0.15) is 11.1 Å². The van der Waals surface area contributed by atoms with Gasteiger partial charge in [0.25, 0.3) is 0 Å². The van der Waals surface area contributed by atoms with Crippen molar-refractivity contribution in [1.29, 1.82) is 0 Å². The van der Waals surface area contributed by atoms with E-state index >= 15 is 0 Å². The number of aromatic nitrogens is 1. The van der Waals surface area contributed by atoms with Crippen molar-refractivity contribution in [3.63, 3.8) is 0 Å². The fourth-order valence-corrected chi connectivity index (χ4v) is 2.16. The van der Waals surface area contributed by atoms with E-state index in [1.54, 1.807) is 0 Å². The van der Waals surface area contributed by atoms with Crippen LogP contribution in [-0.2, 0) is 13.2 Å². The van der Waals surface area contributed by atoms with Crippen LogP contribution in [-0.4, -0.2) is 23.2 Å². The molecule has 98 valence electrons. The molecule has 0 atom stereocenters. The van der Waals surface area contributed by atoms with Gasteiger partial charge in [-0.05, 0) is 17.7 Å². The maximum atomic E-state index is 9.18. The molecule has 0 spiro atoms. The van der Waals surface area contributed by atoms with Crippen LogP contribution in [0.2, 0.25) is 0 Å². The number of rotatable bonds is 2. The van der Waals surface area contributed by atoms with Crippen molar-refractivity contribution in [2.75, 3.05) is 13.2 Å². The van der Waals surface area contributed by atoms with E-state index in [1.807, 2.05) is 36.4 Å². The molecule has 4 heteroatoms. The normalized spacial score (nSPS) is 14.4. The van der Waals surface area contributed by atoms with Crippen molar-refractivity contribution < 1.29 is 9.84 Å². The Bertz CT molecular complexity index is 584. The first-order valence-electron chi connectivity index (χ1n) is 6.40. The molecular formula is C15H16N2O2. The molecule has 0 amide bonds. The van der Waals surface area contributed by atoms with E-state index < -0.39 is 0 Å². The second kappa shape index (κ2) is 5.38. The molecule has 1 aromatic heterocycles. The minimum atomic E-state index is 0.0409. The lowest BCUT2D eigenvalue weighted by molar-refractivity contribution is 0.282. The summed E-state index contributed by atoms with van der Waals surface area (Å²) < 4.78 is 5.64. The van der Waals surface area contributed by atoms with Crippen LogP contribution in [0.25, 0.3) is 11.3 Å². The quantitative estimate of drug-likeness (QED) is 0.859. The molecule has 4 nitrogen and oxygen atoms in total. The molecule has 0 radical (unpaired) electrons. The fourth-order valence-electron chi connectivity index (χ4n) is 2.16. The zero-order chi connectivity index (χ0) is 13.1. The zero-order valence-electron chi connectivity index (χ0n) is 10.6. The Morgan fingerprint density at radius 1 is 1.26 bits per heavy atom. The highest BCUT2D eigenvalue weighted by Crippen LogP contribution is 2.24. The van der Waals surface area contributed by atoms with Crippen LogP contribution in [0.4, 0.5) is 0 Å². The molecular weight excluding hydrogens is 240 g/mol. The van der Waals surface area contributed by atoms with E-state index in [9.17, 15) is 5.11 Å². The molecule has 2 aromatic rings. The first-order valence-corrected chi connectivity index (χ1v) is 6.40. The first-order chi connectivity index (χ1) is 9.36. The average molecular weight is 256 g/mol. The monoisotopic (exact) mass is 256 g/mol. The summed E-state index contributed by atoms with van der Waals surface area (Å²) in [5.41, 5.74) is 3.84. The average Bonchev–Trinajstić information content (AvgIpc) is 2.71. The van der Waals surface area contributed by atoms with Gasteiger partial charge in [-0.15, -0.1) is 0 Å². The third kappa shape index (κ3) is 2.59. The van der Waals surface area contributed by atoms with E-state index in [-0.39, 0.29) is 6.61 Å². The van der Waals surface area contributed by atoms with Gasteiger partial charge in [0, 0.05) is 24.2 Å². The molecule has 0 bridgehead atoms. The number of benzene rings is 1. The fraction of sp³-hybridized carbons (Fsp3) is 0.267. The van der Waals surface area contributed by atoms with Gasteiger partial charge >= 0.3 is 0 Å². The molecule has 1 aliphatic heterocycles. The van der Waals surface area contributed by atoms with Crippen molar-refractivity contribution in [2.45, 2.75) is 13.2 Å². The molecule has 2 heterocycles. The van der Waals surface area contributed by atoms with Crippen LogP contribution in [0.15, 0.2) is 36.4 Å². The molecule has 2 N–H and O–H groups in total. The van der Waals surface area contributed by atoms with E-state index in [4.69, 9.17) is 4.74 Å². The molecule has 0 saturated heterocycles. The molecule has 1 aromatic carbocycles. The summed E-state index contributed by atoms with van der Waals surface area (Å²) in [6.45, 7) is 2.31. The van der Waals surface area contributed by atoms with Crippen molar-refractivity contribution in [1.82, 2.24) is 10.3 Å². The maximum absolute atomic E-state index is 9.18. The van der Waals surface area contributed by atoms with E-state index in [1.165, 1.54) is 0 Å². The summed E-state index contributed by atoms with van der Waals surface area (Å²) in [4.78, 5) is 4.58. The number of ether oxygens (including phenoxy) is 1. The number of fused-ring (bicyclic) bond motifs is 1. The highest BCUT2D eigenvalue weighted by atomic mass is 16.5. The van der Waals surface area contributed by atoms with Gasteiger partial charge in [0.1, 0.15) is 6.61 Å². The SMILES string of the molecule is OCc1cccc(-c2ccc3c(n2)OCCNC3)c1. The van der Waals surface area contributed by atoms with Crippen LogP contribution in [0, 0.1) is 0 Å². The lowest BCUT2D eigenvalue weighted by Gasteiger charge is -2.08. The minimum Gasteiger partial charge on any atom is -0.476 e. The number of aliphatic hydroxyl groups excluding tert-OH is 1. The van der Waals surface area contributed by atoms with Gasteiger partial charge in [-0.3, -0.25) is 0 Å². The summed E-state index contributed by atoms with van der Waals surface area (Å²) in [6, 6.07) is 11.8. The van der Waals surface area contributed by atoms with Crippen LogP contribution in [0.5, 0.6) is 5.88 Å². The van der Waals surface area contributed by atoms with Crippen LogP contribution < -0.4 is 10.1 Å². The zero-order valence-corrected chi connectivity index (χ0v) is 10.6. The van der Waals surface area contributed by atoms with Gasteiger partial charge in [-0.1, -0.05) is 24.3 Å². The molecule has 0 unspecified atom stereocenters. The van der Waals surface area contributed by atoms with Crippen molar-refractivity contribution in [3.05, 3.63) is 47.5 Å². The summed E-state index contributed by atoms with van der Waals surface area (Å²) in [7, 11) is 0. The van der Waals surface area contributed by atoms with Crippen molar-refractivity contribution in [3.8, 4) is 17.1 Å². The number of nitrogens with one attached hydrogen (secondary N) is 1. The standard InChI is InChI=1S/C15H16N2O2/c18-10-11-2-1-3-12(8-11)14-5-4-13-9-16-6-7-19-15(13)17-14/h1-5,8,16,18H,6-7,9-10H2. The highest BCUT2D eigenvalue weighted by molar-refractivity contribution is 5.61. The molecule has 1 aliphatic rings. The van der Waals surface area contributed by atoms with Gasteiger partial charge in [0.2, 0.25) is 5.88 Å². The second-order valence-electron chi connectivity index (χ2n) is 4.54. The summed E-state index contributed by atoms with van der Waals surface area (Å²) >= 11 is 0. The van der Waals surface area contributed by atoms with E-state index in [0.29, 0.717) is 12.5 Å². The lowest BCUT2D eigenvalue weighted by atomic mass is 10.1. The van der Waals surface area contributed by atoms with Gasteiger partial charge in [0.05, 0.1) is 12.3 Å². The Hall–Kier alpha value is -1.91. The Labute approximate surface area is 112 Å². The summed E-state index contributed by atoms with van der Waals surface area (Å²) in [6.07, 6.45) is 0. The maximum Gasteiger partial charge on any atom is 0.218 e. The first kappa shape index (κ1) is 12.1. The third-order valence-electron chi connectivity index (χ3n) is 3.18. The minimum absolute atomic E-state index is 0.0409. The second-order valence-corrected chi connectivity index (χ2v) is 4.54. The number of hydrogen-bond donors (Lipinski definition) is 2. The van der Waals surface area contributed by atoms with Crippen LogP contribution >= 0.6 is 0 Å². The van der Waals surface area contributed by atoms with E-state index in [2.05, 4.69) is 10.3 Å². The van der Waals surface area contributed by atoms with Crippen LogP contribution in [0.3, 0.4) is 0 Å². The molecule has 3 rings (SSSR count). The summed E-state index contributed by atoms with van der Waals surface area (Å²) in [5.74, 6) is 0.705. The van der Waals surface area contributed by atoms with Gasteiger partial charge in [-0.25, -0.2) is 4.98 Å². The number of aliphatic hydroxyl groups is 1. The van der Waals surface area contributed by atoms with E-state index in [0.717, 1.165) is 35.5 Å². The largest absolute Gasteiger partial charge is 0.476 e. The Morgan fingerprint density at radius 2 is 2.21 bits per heavy atom. The number of nitrogens with zero attached hydrogens (tertiary/aromatic N) is 1. The van der Waals surface area contributed by atoms with Gasteiger partial charge in [-0.2, -0.15) is 0 Å². The van der Waals surface area contributed by atoms with Gasteiger partial charge in [0.15, 0.2) is 0 Å². The van der Waals surface area contributed by atoms with Gasteiger partial charge < -0.3 is 15.2 Å². The van der Waals surface area contributed by atoms with Crippen molar-refractivity contribution >= 4 is 0 Å². The molecule has 0 fully saturated rings.